The molecule has 1 aromatic rings. The van der Waals surface area contributed by atoms with Gasteiger partial charge in [-0.15, -0.1) is 0 Å². The Kier molecular flexibility index (Phi) is 4.81. The van der Waals surface area contributed by atoms with Crippen molar-refractivity contribution < 1.29 is 14.7 Å². The standard InChI is InChI=1S/C18H24O3/c1-4-12-6-7-14(10-13(12)5-2)17(19)15-8-11(3)9-16(15)18(20)21/h6-7,10-11,15-16H,4-5,8-9H2,1-3H3,(H,20,21). The van der Waals surface area contributed by atoms with Crippen LogP contribution in [-0.4, -0.2) is 16.9 Å². The molecule has 0 aliphatic heterocycles. The summed E-state index contributed by atoms with van der Waals surface area (Å²) in [6.07, 6.45) is 3.15. The summed E-state index contributed by atoms with van der Waals surface area (Å²) >= 11 is 0. The highest BCUT2D eigenvalue weighted by molar-refractivity contribution is 6.00. The van der Waals surface area contributed by atoms with E-state index in [2.05, 4.69) is 13.8 Å². The molecule has 3 atom stereocenters. The minimum absolute atomic E-state index is 0.00380. The van der Waals surface area contributed by atoms with Crippen molar-refractivity contribution >= 4 is 11.8 Å². The van der Waals surface area contributed by atoms with Gasteiger partial charge < -0.3 is 5.11 Å². The highest BCUT2D eigenvalue weighted by Crippen LogP contribution is 2.38. The number of hydrogen-bond donors (Lipinski definition) is 1. The molecule has 3 heteroatoms. The highest BCUT2D eigenvalue weighted by Gasteiger charge is 2.41. The van der Waals surface area contributed by atoms with Crippen LogP contribution in [0.3, 0.4) is 0 Å². The number of carbonyl (C=O) groups excluding carboxylic acids is 1. The predicted molar refractivity (Wildman–Crippen MR) is 82.5 cm³/mol. The summed E-state index contributed by atoms with van der Waals surface area (Å²) in [5, 5.41) is 9.33. The Hall–Kier alpha value is -1.64. The van der Waals surface area contributed by atoms with Crippen LogP contribution in [0.4, 0.5) is 0 Å². The molecule has 0 amide bonds. The Morgan fingerprint density at radius 3 is 2.29 bits per heavy atom. The molecule has 1 aliphatic carbocycles. The molecule has 0 heterocycles. The summed E-state index contributed by atoms with van der Waals surface area (Å²) in [5.41, 5.74) is 3.14. The van der Waals surface area contributed by atoms with Gasteiger partial charge in [-0.25, -0.2) is 0 Å². The molecule has 0 aromatic heterocycles. The second kappa shape index (κ2) is 6.42. The van der Waals surface area contributed by atoms with Gasteiger partial charge in [-0.1, -0.05) is 32.9 Å². The molecule has 0 saturated heterocycles. The van der Waals surface area contributed by atoms with Crippen molar-refractivity contribution in [2.24, 2.45) is 17.8 Å². The summed E-state index contributed by atoms with van der Waals surface area (Å²) in [4.78, 5) is 24.1. The normalized spacial score (nSPS) is 25.0. The van der Waals surface area contributed by atoms with Gasteiger partial charge in [0.15, 0.2) is 5.78 Å². The first-order valence-corrected chi connectivity index (χ1v) is 7.86. The van der Waals surface area contributed by atoms with Crippen LogP contribution < -0.4 is 0 Å². The summed E-state index contributed by atoms with van der Waals surface area (Å²) in [6, 6.07) is 5.84. The quantitative estimate of drug-likeness (QED) is 0.840. The van der Waals surface area contributed by atoms with Crippen LogP contribution >= 0.6 is 0 Å². The minimum Gasteiger partial charge on any atom is -0.481 e. The maximum Gasteiger partial charge on any atom is 0.307 e. The van der Waals surface area contributed by atoms with E-state index in [1.54, 1.807) is 0 Å². The van der Waals surface area contributed by atoms with Gasteiger partial charge in [-0.3, -0.25) is 9.59 Å². The van der Waals surface area contributed by atoms with Gasteiger partial charge in [-0.2, -0.15) is 0 Å². The second-order valence-electron chi connectivity index (χ2n) is 6.18. The smallest absolute Gasteiger partial charge is 0.307 e. The Bertz CT molecular complexity index is 547. The van der Waals surface area contributed by atoms with Crippen molar-refractivity contribution in [3.8, 4) is 0 Å². The van der Waals surface area contributed by atoms with E-state index in [1.807, 2.05) is 25.1 Å². The van der Waals surface area contributed by atoms with Gasteiger partial charge in [0.1, 0.15) is 0 Å². The van der Waals surface area contributed by atoms with E-state index < -0.39 is 11.9 Å². The van der Waals surface area contributed by atoms with Crippen LogP contribution in [0.15, 0.2) is 18.2 Å². The number of carboxylic acids is 1. The lowest BCUT2D eigenvalue weighted by atomic mass is 9.87. The largest absolute Gasteiger partial charge is 0.481 e. The maximum atomic E-state index is 12.7. The van der Waals surface area contributed by atoms with Crippen LogP contribution in [-0.2, 0) is 17.6 Å². The zero-order valence-electron chi connectivity index (χ0n) is 13.1. The lowest BCUT2D eigenvalue weighted by molar-refractivity contribution is -0.142. The number of rotatable bonds is 5. The van der Waals surface area contributed by atoms with Crippen LogP contribution in [0.5, 0.6) is 0 Å². The topological polar surface area (TPSA) is 54.4 Å². The molecule has 1 fully saturated rings. The van der Waals surface area contributed by atoms with Crippen molar-refractivity contribution in [3.05, 3.63) is 34.9 Å². The fourth-order valence-electron chi connectivity index (χ4n) is 3.52. The Labute approximate surface area is 126 Å². The van der Waals surface area contributed by atoms with Crippen LogP contribution in [0.2, 0.25) is 0 Å². The van der Waals surface area contributed by atoms with Gasteiger partial charge in [0.25, 0.3) is 0 Å². The molecule has 1 N–H and O–H groups in total. The molecule has 0 bridgehead atoms. The molecular formula is C18H24O3. The molecule has 21 heavy (non-hydrogen) atoms. The average Bonchev–Trinajstić information content (AvgIpc) is 2.88. The van der Waals surface area contributed by atoms with Gasteiger partial charge in [0.05, 0.1) is 5.92 Å². The van der Waals surface area contributed by atoms with E-state index >= 15 is 0 Å². The Morgan fingerprint density at radius 2 is 1.71 bits per heavy atom. The van der Waals surface area contributed by atoms with Crippen LogP contribution in [0, 0.1) is 17.8 Å². The third-order valence-corrected chi connectivity index (χ3v) is 4.70. The molecular weight excluding hydrogens is 264 g/mol. The number of carboxylic acid groups (broad SMARTS) is 1. The maximum absolute atomic E-state index is 12.7. The van der Waals surface area contributed by atoms with E-state index in [0.717, 1.165) is 12.8 Å². The lowest BCUT2D eigenvalue weighted by Gasteiger charge is -2.16. The van der Waals surface area contributed by atoms with E-state index in [0.29, 0.717) is 24.3 Å². The SMILES string of the molecule is CCc1ccc(C(=O)C2CC(C)CC2C(=O)O)cc1CC. The predicted octanol–water partition coefficient (Wildman–Crippen LogP) is 3.74. The highest BCUT2D eigenvalue weighted by atomic mass is 16.4. The van der Waals surface area contributed by atoms with E-state index in [1.165, 1.54) is 11.1 Å². The molecule has 1 aliphatic rings. The third kappa shape index (κ3) is 3.17. The summed E-state index contributed by atoms with van der Waals surface area (Å²) < 4.78 is 0. The molecule has 114 valence electrons. The van der Waals surface area contributed by atoms with Crippen LogP contribution in [0.25, 0.3) is 0 Å². The molecule has 1 aromatic carbocycles. The second-order valence-corrected chi connectivity index (χ2v) is 6.18. The molecule has 0 spiro atoms. The van der Waals surface area contributed by atoms with E-state index in [4.69, 9.17) is 0 Å². The lowest BCUT2D eigenvalue weighted by Crippen LogP contribution is -2.25. The number of benzene rings is 1. The average molecular weight is 288 g/mol. The fourth-order valence-corrected chi connectivity index (χ4v) is 3.52. The molecule has 3 unspecified atom stereocenters. The molecule has 0 radical (unpaired) electrons. The third-order valence-electron chi connectivity index (χ3n) is 4.70. The number of aliphatic carboxylic acids is 1. The van der Waals surface area contributed by atoms with Gasteiger partial charge >= 0.3 is 5.97 Å². The van der Waals surface area contributed by atoms with Crippen molar-refractivity contribution in [2.45, 2.75) is 46.5 Å². The number of aryl methyl sites for hydroxylation is 2. The zero-order chi connectivity index (χ0) is 15.6. The first-order valence-electron chi connectivity index (χ1n) is 7.86. The van der Waals surface area contributed by atoms with Gasteiger partial charge in [-0.05, 0) is 48.8 Å². The first-order chi connectivity index (χ1) is 9.97. The minimum atomic E-state index is -0.835. The first kappa shape index (κ1) is 15.7. The van der Waals surface area contributed by atoms with Gasteiger partial charge in [0, 0.05) is 11.5 Å². The molecule has 2 rings (SSSR count). The van der Waals surface area contributed by atoms with Crippen molar-refractivity contribution in [3.63, 3.8) is 0 Å². The Morgan fingerprint density at radius 1 is 1.10 bits per heavy atom. The summed E-state index contributed by atoms with van der Waals surface area (Å²) in [7, 11) is 0. The van der Waals surface area contributed by atoms with Crippen molar-refractivity contribution in [1.29, 1.82) is 0 Å². The summed E-state index contributed by atoms with van der Waals surface area (Å²) in [5.74, 6) is -1.42. The molecule has 1 saturated carbocycles. The zero-order valence-corrected chi connectivity index (χ0v) is 13.1. The van der Waals surface area contributed by atoms with Gasteiger partial charge in [0.2, 0.25) is 0 Å². The number of ketones is 1. The Balaban J connectivity index is 2.29. The van der Waals surface area contributed by atoms with E-state index in [-0.39, 0.29) is 11.7 Å². The van der Waals surface area contributed by atoms with Crippen molar-refractivity contribution in [1.82, 2.24) is 0 Å². The fraction of sp³-hybridized carbons (Fsp3) is 0.556. The molecule has 3 nitrogen and oxygen atoms in total. The van der Waals surface area contributed by atoms with E-state index in [9.17, 15) is 14.7 Å². The monoisotopic (exact) mass is 288 g/mol. The number of hydrogen-bond acceptors (Lipinski definition) is 2. The number of carbonyl (C=O) groups is 2. The van der Waals surface area contributed by atoms with Crippen LogP contribution in [0.1, 0.15) is 55.1 Å². The number of Topliss-reactive ketones (excluding diaryl/α,β-unsaturated/α-hetero) is 1. The van der Waals surface area contributed by atoms with Crippen molar-refractivity contribution in [2.75, 3.05) is 0 Å². The summed E-state index contributed by atoms with van der Waals surface area (Å²) in [6.45, 7) is 6.22.